The van der Waals surface area contributed by atoms with Crippen LogP contribution in [0.2, 0.25) is 0 Å². The number of benzene rings is 1. The average molecular weight is 291 g/mol. The van der Waals surface area contributed by atoms with E-state index >= 15 is 0 Å². The van der Waals surface area contributed by atoms with E-state index in [4.69, 9.17) is 9.47 Å². The molecule has 0 spiro atoms. The summed E-state index contributed by atoms with van der Waals surface area (Å²) in [6, 6.07) is 5.44. The number of amides is 1. The summed E-state index contributed by atoms with van der Waals surface area (Å²) in [5, 5.41) is 2.72. The Hall–Kier alpha value is -1.88. The highest BCUT2D eigenvalue weighted by Crippen LogP contribution is 2.13. The van der Waals surface area contributed by atoms with Crippen LogP contribution in [-0.2, 0) is 14.3 Å². The summed E-state index contributed by atoms with van der Waals surface area (Å²) in [4.78, 5) is 23.6. The van der Waals surface area contributed by atoms with Crippen molar-refractivity contribution in [3.8, 4) is 0 Å². The molecule has 1 fully saturated rings. The fourth-order valence-corrected chi connectivity index (χ4v) is 2.27. The fourth-order valence-electron chi connectivity index (χ4n) is 2.27. The van der Waals surface area contributed by atoms with Gasteiger partial charge in [-0.25, -0.2) is 4.79 Å². The van der Waals surface area contributed by atoms with Gasteiger partial charge in [-0.15, -0.1) is 0 Å². The molecule has 1 saturated heterocycles. The Balaban J connectivity index is 1.77. The first-order valence-electron chi connectivity index (χ1n) is 7.19. The van der Waals surface area contributed by atoms with Gasteiger partial charge < -0.3 is 14.8 Å². The Labute approximate surface area is 124 Å². The number of aryl methyl sites for hydroxylation is 1. The highest BCUT2D eigenvalue weighted by Gasteiger charge is 2.17. The molecular weight excluding hydrogens is 270 g/mol. The smallest absolute Gasteiger partial charge is 0.338 e. The zero-order chi connectivity index (χ0) is 15.2. The highest BCUT2D eigenvalue weighted by molar-refractivity contribution is 5.93. The molecule has 1 aromatic rings. The summed E-state index contributed by atoms with van der Waals surface area (Å²) in [5.41, 5.74) is 2.40. The van der Waals surface area contributed by atoms with Gasteiger partial charge in [0.1, 0.15) is 0 Å². The molecule has 5 heteroatoms. The third-order valence-electron chi connectivity index (χ3n) is 3.71. The van der Waals surface area contributed by atoms with Gasteiger partial charge in [0.2, 0.25) is 0 Å². The van der Waals surface area contributed by atoms with Crippen LogP contribution in [0, 0.1) is 13.8 Å². The van der Waals surface area contributed by atoms with E-state index in [0.29, 0.717) is 12.1 Å². The van der Waals surface area contributed by atoms with E-state index in [2.05, 4.69) is 5.32 Å². The minimum atomic E-state index is -0.469. The van der Waals surface area contributed by atoms with E-state index in [1.54, 1.807) is 12.1 Å². The summed E-state index contributed by atoms with van der Waals surface area (Å²) < 4.78 is 10.5. The maximum Gasteiger partial charge on any atom is 0.338 e. The summed E-state index contributed by atoms with van der Waals surface area (Å²) in [5.74, 6) is -0.771. The van der Waals surface area contributed by atoms with Crippen molar-refractivity contribution in [2.45, 2.75) is 32.8 Å². The molecule has 0 aromatic heterocycles. The lowest BCUT2D eigenvalue weighted by atomic mass is 10.0. The SMILES string of the molecule is Cc1cccc(C(=O)OCC(=O)NCC2CCCO2)c1C. The number of ether oxygens (including phenoxy) is 2. The van der Waals surface area contributed by atoms with E-state index in [-0.39, 0.29) is 18.6 Å². The van der Waals surface area contributed by atoms with Crippen molar-refractivity contribution in [1.29, 1.82) is 0 Å². The number of hydrogen-bond acceptors (Lipinski definition) is 4. The van der Waals surface area contributed by atoms with Crippen LogP contribution in [0.5, 0.6) is 0 Å². The Morgan fingerprint density at radius 1 is 1.38 bits per heavy atom. The van der Waals surface area contributed by atoms with Gasteiger partial charge in [-0.05, 0) is 43.9 Å². The second-order valence-electron chi connectivity index (χ2n) is 5.26. The quantitative estimate of drug-likeness (QED) is 0.840. The first-order chi connectivity index (χ1) is 10.1. The van der Waals surface area contributed by atoms with E-state index in [1.807, 2.05) is 19.9 Å². The molecule has 21 heavy (non-hydrogen) atoms. The average Bonchev–Trinajstić information content (AvgIpc) is 2.99. The second kappa shape index (κ2) is 7.22. The van der Waals surface area contributed by atoms with Crippen molar-refractivity contribution in [3.63, 3.8) is 0 Å². The predicted octanol–water partition coefficient (Wildman–Crippen LogP) is 1.76. The molecule has 0 aliphatic carbocycles. The van der Waals surface area contributed by atoms with E-state index < -0.39 is 5.97 Å². The molecule has 0 radical (unpaired) electrons. The first-order valence-corrected chi connectivity index (χ1v) is 7.19. The summed E-state index contributed by atoms with van der Waals surface area (Å²) in [6.07, 6.45) is 2.08. The lowest BCUT2D eigenvalue weighted by Gasteiger charge is -2.11. The molecule has 0 saturated carbocycles. The summed E-state index contributed by atoms with van der Waals surface area (Å²) in [6.45, 7) is 4.75. The largest absolute Gasteiger partial charge is 0.452 e. The monoisotopic (exact) mass is 291 g/mol. The molecule has 1 amide bonds. The standard InChI is InChI=1S/C16H21NO4/c1-11-5-3-7-14(12(11)2)16(19)21-10-15(18)17-9-13-6-4-8-20-13/h3,5,7,13H,4,6,8-10H2,1-2H3,(H,17,18). The molecule has 5 nitrogen and oxygen atoms in total. The third kappa shape index (κ3) is 4.29. The maximum atomic E-state index is 12.0. The van der Waals surface area contributed by atoms with Crippen molar-refractivity contribution >= 4 is 11.9 Å². The second-order valence-corrected chi connectivity index (χ2v) is 5.26. The zero-order valence-corrected chi connectivity index (χ0v) is 12.5. The molecule has 1 N–H and O–H groups in total. The van der Waals surface area contributed by atoms with Crippen LogP contribution < -0.4 is 5.32 Å². The molecule has 1 aliphatic heterocycles. The maximum absolute atomic E-state index is 12.0. The van der Waals surface area contributed by atoms with Gasteiger partial charge in [-0.1, -0.05) is 12.1 Å². The van der Waals surface area contributed by atoms with Crippen molar-refractivity contribution in [3.05, 3.63) is 34.9 Å². The lowest BCUT2D eigenvalue weighted by Crippen LogP contribution is -2.34. The molecule has 1 atom stereocenters. The minimum Gasteiger partial charge on any atom is -0.452 e. The van der Waals surface area contributed by atoms with Gasteiger partial charge in [0.15, 0.2) is 6.61 Å². The molecule has 1 aromatic carbocycles. The number of carbonyl (C=O) groups is 2. The molecule has 1 aliphatic rings. The molecule has 2 rings (SSSR count). The third-order valence-corrected chi connectivity index (χ3v) is 3.71. The number of rotatable bonds is 5. The molecular formula is C16H21NO4. The van der Waals surface area contributed by atoms with Crippen molar-refractivity contribution in [1.82, 2.24) is 5.32 Å². The number of hydrogen-bond donors (Lipinski definition) is 1. The van der Waals surface area contributed by atoms with Crippen molar-refractivity contribution in [2.24, 2.45) is 0 Å². The van der Waals surface area contributed by atoms with Crippen molar-refractivity contribution < 1.29 is 19.1 Å². The Kier molecular flexibility index (Phi) is 5.33. The lowest BCUT2D eigenvalue weighted by molar-refractivity contribution is -0.124. The van der Waals surface area contributed by atoms with Gasteiger partial charge >= 0.3 is 5.97 Å². The molecule has 1 unspecified atom stereocenters. The van der Waals surface area contributed by atoms with E-state index in [1.165, 1.54) is 0 Å². The molecule has 114 valence electrons. The fraction of sp³-hybridized carbons (Fsp3) is 0.500. The number of nitrogens with one attached hydrogen (secondary N) is 1. The van der Waals surface area contributed by atoms with Crippen LogP contribution >= 0.6 is 0 Å². The molecule has 1 heterocycles. The van der Waals surface area contributed by atoms with Gasteiger partial charge in [-0.2, -0.15) is 0 Å². The number of esters is 1. The van der Waals surface area contributed by atoms with Gasteiger partial charge in [-0.3, -0.25) is 4.79 Å². The van der Waals surface area contributed by atoms with Gasteiger partial charge in [0, 0.05) is 13.2 Å². The normalized spacial score (nSPS) is 17.5. The summed E-state index contributed by atoms with van der Waals surface area (Å²) in [7, 11) is 0. The van der Waals surface area contributed by atoms with Crippen LogP contribution in [0.3, 0.4) is 0 Å². The van der Waals surface area contributed by atoms with Gasteiger partial charge in [0.25, 0.3) is 5.91 Å². The van der Waals surface area contributed by atoms with Crippen LogP contribution in [0.1, 0.15) is 34.3 Å². The topological polar surface area (TPSA) is 64.6 Å². The number of carbonyl (C=O) groups excluding carboxylic acids is 2. The van der Waals surface area contributed by atoms with Crippen LogP contribution in [0.4, 0.5) is 0 Å². The van der Waals surface area contributed by atoms with E-state index in [9.17, 15) is 9.59 Å². The zero-order valence-electron chi connectivity index (χ0n) is 12.5. The first kappa shape index (κ1) is 15.5. The van der Waals surface area contributed by atoms with Crippen LogP contribution in [0.15, 0.2) is 18.2 Å². The van der Waals surface area contributed by atoms with E-state index in [0.717, 1.165) is 30.6 Å². The molecule has 0 bridgehead atoms. The minimum absolute atomic E-state index is 0.0867. The predicted molar refractivity (Wildman–Crippen MR) is 78.2 cm³/mol. The van der Waals surface area contributed by atoms with Crippen LogP contribution in [0.25, 0.3) is 0 Å². The van der Waals surface area contributed by atoms with Gasteiger partial charge in [0.05, 0.1) is 11.7 Å². The highest BCUT2D eigenvalue weighted by atomic mass is 16.5. The Morgan fingerprint density at radius 2 is 2.19 bits per heavy atom. The van der Waals surface area contributed by atoms with Crippen LogP contribution in [-0.4, -0.2) is 37.7 Å². The van der Waals surface area contributed by atoms with Crippen molar-refractivity contribution in [2.75, 3.05) is 19.8 Å². The summed E-state index contributed by atoms with van der Waals surface area (Å²) >= 11 is 0. The Bertz CT molecular complexity index is 521. The Morgan fingerprint density at radius 3 is 2.90 bits per heavy atom.